The molecule has 3 nitrogen and oxygen atoms in total. The first kappa shape index (κ1) is 15.0. The van der Waals surface area contributed by atoms with Gasteiger partial charge in [0, 0.05) is 31.2 Å². The van der Waals surface area contributed by atoms with Crippen molar-refractivity contribution in [2.75, 3.05) is 19.6 Å². The van der Waals surface area contributed by atoms with Gasteiger partial charge in [0.15, 0.2) is 0 Å². The first-order valence-electron chi connectivity index (χ1n) is 6.18. The molecule has 1 saturated heterocycles. The minimum absolute atomic E-state index is 0. The Balaban J connectivity index is 0.00000162. The quantitative estimate of drug-likeness (QED) is 0.847. The van der Waals surface area contributed by atoms with E-state index in [0.29, 0.717) is 6.04 Å². The van der Waals surface area contributed by atoms with Crippen LogP contribution in [0.5, 0.6) is 0 Å². The summed E-state index contributed by atoms with van der Waals surface area (Å²) in [6, 6.07) is 6.40. The third-order valence-corrected chi connectivity index (χ3v) is 3.35. The lowest BCUT2D eigenvalue weighted by atomic mass is 10.0. The Bertz CT molecular complexity index is 414. The van der Waals surface area contributed by atoms with Gasteiger partial charge in [-0.3, -0.25) is 4.79 Å². The van der Waals surface area contributed by atoms with Crippen LogP contribution in [0.1, 0.15) is 28.4 Å². The van der Waals surface area contributed by atoms with E-state index < -0.39 is 0 Å². The molecule has 100 valence electrons. The molecule has 0 saturated carbocycles. The summed E-state index contributed by atoms with van der Waals surface area (Å²) in [7, 11) is 0. The summed E-state index contributed by atoms with van der Waals surface area (Å²) >= 11 is 0. The molecule has 1 aromatic carbocycles. The number of amides is 1. The van der Waals surface area contributed by atoms with E-state index in [1.54, 1.807) is 0 Å². The third kappa shape index (κ3) is 3.03. The maximum atomic E-state index is 12.5. The molecule has 1 aromatic rings. The van der Waals surface area contributed by atoms with Crippen LogP contribution in [0.2, 0.25) is 0 Å². The van der Waals surface area contributed by atoms with Crippen LogP contribution in [0.3, 0.4) is 0 Å². The zero-order chi connectivity index (χ0) is 12.4. The van der Waals surface area contributed by atoms with Crippen molar-refractivity contribution in [3.05, 3.63) is 34.9 Å². The number of aryl methyl sites for hydroxylation is 2. The summed E-state index contributed by atoms with van der Waals surface area (Å²) in [6.45, 7) is 8.61. The van der Waals surface area contributed by atoms with E-state index in [4.69, 9.17) is 0 Å². The van der Waals surface area contributed by atoms with Crippen LogP contribution in [0.4, 0.5) is 0 Å². The summed E-state index contributed by atoms with van der Waals surface area (Å²) in [5, 5.41) is 3.35. The fourth-order valence-electron chi connectivity index (χ4n) is 2.43. The van der Waals surface area contributed by atoms with Crippen LogP contribution in [-0.2, 0) is 0 Å². The van der Waals surface area contributed by atoms with E-state index in [-0.39, 0.29) is 18.3 Å². The van der Waals surface area contributed by atoms with Crippen LogP contribution in [0.15, 0.2) is 18.2 Å². The van der Waals surface area contributed by atoms with E-state index in [1.807, 2.05) is 36.9 Å². The zero-order valence-corrected chi connectivity index (χ0v) is 12.0. The van der Waals surface area contributed by atoms with Crippen LogP contribution in [0, 0.1) is 13.8 Å². The van der Waals surface area contributed by atoms with Crippen molar-refractivity contribution < 1.29 is 4.79 Å². The van der Waals surface area contributed by atoms with Gasteiger partial charge in [0.2, 0.25) is 0 Å². The van der Waals surface area contributed by atoms with Gasteiger partial charge in [0.05, 0.1) is 0 Å². The van der Waals surface area contributed by atoms with Crippen LogP contribution >= 0.6 is 12.4 Å². The fourth-order valence-corrected chi connectivity index (χ4v) is 2.43. The average Bonchev–Trinajstić information content (AvgIpc) is 2.28. The highest BCUT2D eigenvalue weighted by Crippen LogP contribution is 2.16. The molecule has 0 spiro atoms. The highest BCUT2D eigenvalue weighted by molar-refractivity contribution is 5.97. The lowest BCUT2D eigenvalue weighted by Gasteiger charge is -2.32. The number of carbonyl (C=O) groups is 1. The zero-order valence-electron chi connectivity index (χ0n) is 11.2. The summed E-state index contributed by atoms with van der Waals surface area (Å²) in [4.78, 5) is 14.4. The Labute approximate surface area is 115 Å². The van der Waals surface area contributed by atoms with Crippen molar-refractivity contribution in [2.45, 2.75) is 26.8 Å². The molecule has 0 aliphatic carbocycles. The predicted molar refractivity (Wildman–Crippen MR) is 76.5 cm³/mol. The second kappa shape index (κ2) is 6.21. The normalized spacial score (nSPS) is 19.3. The average molecular weight is 269 g/mol. The SMILES string of the molecule is Cc1cccc(C)c1C(=O)N1CCNC(C)C1.Cl. The van der Waals surface area contributed by atoms with Gasteiger partial charge in [-0.25, -0.2) is 0 Å². The minimum atomic E-state index is 0. The highest BCUT2D eigenvalue weighted by Gasteiger charge is 2.23. The Morgan fingerprint density at radius 2 is 1.94 bits per heavy atom. The maximum Gasteiger partial charge on any atom is 0.254 e. The molecule has 1 heterocycles. The van der Waals surface area contributed by atoms with Gasteiger partial charge in [0.1, 0.15) is 0 Å². The van der Waals surface area contributed by atoms with Gasteiger partial charge < -0.3 is 10.2 Å². The van der Waals surface area contributed by atoms with Gasteiger partial charge >= 0.3 is 0 Å². The topological polar surface area (TPSA) is 32.3 Å². The largest absolute Gasteiger partial charge is 0.336 e. The first-order chi connectivity index (χ1) is 8.09. The molecule has 0 aromatic heterocycles. The second-order valence-corrected chi connectivity index (χ2v) is 4.87. The Kier molecular flexibility index (Phi) is 5.17. The molecule has 1 amide bonds. The van der Waals surface area contributed by atoms with Gasteiger partial charge in [0.25, 0.3) is 5.91 Å². The standard InChI is InChI=1S/C14H20N2O.ClH/c1-10-5-4-6-11(2)13(10)14(17)16-8-7-15-12(3)9-16;/h4-6,12,15H,7-9H2,1-3H3;1H. The molecule has 4 heteroatoms. The van der Waals surface area contributed by atoms with Crippen molar-refractivity contribution in [3.63, 3.8) is 0 Å². The molecule has 0 radical (unpaired) electrons. The molecular formula is C14H21ClN2O. The molecule has 1 unspecified atom stereocenters. The van der Waals surface area contributed by atoms with Crippen molar-refractivity contribution in [2.24, 2.45) is 0 Å². The van der Waals surface area contributed by atoms with Gasteiger partial charge in [-0.1, -0.05) is 18.2 Å². The van der Waals surface area contributed by atoms with Crippen molar-refractivity contribution in [1.29, 1.82) is 0 Å². The number of hydrogen-bond acceptors (Lipinski definition) is 2. The third-order valence-electron chi connectivity index (χ3n) is 3.35. The van der Waals surface area contributed by atoms with E-state index in [2.05, 4.69) is 12.2 Å². The molecule has 1 N–H and O–H groups in total. The lowest BCUT2D eigenvalue weighted by molar-refractivity contribution is 0.0707. The summed E-state index contributed by atoms with van der Waals surface area (Å²) < 4.78 is 0. The molecule has 18 heavy (non-hydrogen) atoms. The predicted octanol–water partition coefficient (Wildman–Crippen LogP) is 2.16. The molecule has 2 rings (SSSR count). The lowest BCUT2D eigenvalue weighted by Crippen LogP contribution is -2.51. The molecule has 0 bridgehead atoms. The monoisotopic (exact) mass is 268 g/mol. The second-order valence-electron chi connectivity index (χ2n) is 4.87. The Morgan fingerprint density at radius 1 is 1.33 bits per heavy atom. The summed E-state index contributed by atoms with van der Waals surface area (Å²) in [5.41, 5.74) is 3.02. The molecule has 1 atom stereocenters. The number of benzene rings is 1. The van der Waals surface area contributed by atoms with E-state index in [9.17, 15) is 4.79 Å². The van der Waals surface area contributed by atoms with Crippen LogP contribution < -0.4 is 5.32 Å². The van der Waals surface area contributed by atoms with Gasteiger partial charge in [-0.05, 0) is 31.9 Å². The molecule has 1 aliphatic rings. The van der Waals surface area contributed by atoms with Gasteiger partial charge in [-0.2, -0.15) is 0 Å². The fraction of sp³-hybridized carbons (Fsp3) is 0.500. The van der Waals surface area contributed by atoms with Crippen molar-refractivity contribution >= 4 is 18.3 Å². The molecule has 1 aliphatic heterocycles. The first-order valence-corrected chi connectivity index (χ1v) is 6.18. The number of rotatable bonds is 1. The van der Waals surface area contributed by atoms with E-state index >= 15 is 0 Å². The number of hydrogen-bond donors (Lipinski definition) is 1. The number of nitrogens with one attached hydrogen (secondary N) is 1. The molecular weight excluding hydrogens is 248 g/mol. The summed E-state index contributed by atoms with van der Waals surface area (Å²) in [6.07, 6.45) is 0. The van der Waals surface area contributed by atoms with E-state index in [0.717, 1.165) is 36.3 Å². The number of carbonyl (C=O) groups excluding carboxylic acids is 1. The Morgan fingerprint density at radius 3 is 2.50 bits per heavy atom. The maximum absolute atomic E-state index is 12.5. The Hall–Kier alpha value is -1.06. The number of piperazine rings is 1. The van der Waals surface area contributed by atoms with Crippen LogP contribution in [0.25, 0.3) is 0 Å². The van der Waals surface area contributed by atoms with Crippen LogP contribution in [-0.4, -0.2) is 36.5 Å². The highest BCUT2D eigenvalue weighted by atomic mass is 35.5. The minimum Gasteiger partial charge on any atom is -0.336 e. The van der Waals surface area contributed by atoms with Gasteiger partial charge in [-0.15, -0.1) is 12.4 Å². The number of nitrogens with zero attached hydrogens (tertiary/aromatic N) is 1. The smallest absolute Gasteiger partial charge is 0.254 e. The number of halogens is 1. The van der Waals surface area contributed by atoms with Crippen molar-refractivity contribution in [3.8, 4) is 0 Å². The van der Waals surface area contributed by atoms with Crippen molar-refractivity contribution in [1.82, 2.24) is 10.2 Å². The molecule has 1 fully saturated rings. The summed E-state index contributed by atoms with van der Waals surface area (Å²) in [5.74, 6) is 0.175. The van der Waals surface area contributed by atoms with E-state index in [1.165, 1.54) is 0 Å².